The number of rotatable bonds is 4. The predicted molar refractivity (Wildman–Crippen MR) is 85.3 cm³/mol. The van der Waals surface area contributed by atoms with Crippen molar-refractivity contribution in [1.82, 2.24) is 9.97 Å². The number of ether oxygens (including phenoxy) is 2. The highest BCUT2D eigenvalue weighted by atomic mass is 19.1. The zero-order chi connectivity index (χ0) is 16.2. The minimum absolute atomic E-state index is 0.0640. The van der Waals surface area contributed by atoms with Crippen LogP contribution in [0.25, 0.3) is 0 Å². The molecule has 0 atom stereocenters. The molecular formula is C16H19FN4O2. The summed E-state index contributed by atoms with van der Waals surface area (Å²) >= 11 is 0. The zero-order valence-corrected chi connectivity index (χ0v) is 12.9. The topological polar surface area (TPSA) is 73.5 Å². The van der Waals surface area contributed by atoms with Crippen LogP contribution >= 0.6 is 0 Å². The number of hydrogen-bond acceptors (Lipinski definition) is 6. The van der Waals surface area contributed by atoms with Crippen LogP contribution in [0.3, 0.4) is 0 Å². The largest absolute Gasteiger partial charge is 0.490 e. The van der Waals surface area contributed by atoms with Gasteiger partial charge in [-0.3, -0.25) is 0 Å². The van der Waals surface area contributed by atoms with E-state index in [-0.39, 0.29) is 17.9 Å². The molecule has 2 N–H and O–H groups in total. The summed E-state index contributed by atoms with van der Waals surface area (Å²) in [7, 11) is 1.55. The first-order valence-corrected chi connectivity index (χ1v) is 7.50. The lowest BCUT2D eigenvalue weighted by Crippen LogP contribution is -2.38. The van der Waals surface area contributed by atoms with Crippen molar-refractivity contribution in [2.75, 3.05) is 30.8 Å². The van der Waals surface area contributed by atoms with Crippen LogP contribution in [0.5, 0.6) is 11.6 Å². The van der Waals surface area contributed by atoms with Crippen molar-refractivity contribution in [3.63, 3.8) is 0 Å². The molecule has 1 aromatic carbocycles. The maximum atomic E-state index is 13.2. The van der Waals surface area contributed by atoms with Crippen LogP contribution in [0, 0.1) is 5.82 Å². The van der Waals surface area contributed by atoms with Gasteiger partial charge in [0, 0.05) is 38.1 Å². The van der Waals surface area contributed by atoms with Gasteiger partial charge in [-0.1, -0.05) is 6.07 Å². The molecule has 122 valence electrons. The average Bonchev–Trinajstić information content (AvgIpc) is 2.55. The molecule has 6 nitrogen and oxygen atoms in total. The second kappa shape index (κ2) is 6.68. The van der Waals surface area contributed by atoms with Gasteiger partial charge in [0.25, 0.3) is 0 Å². The van der Waals surface area contributed by atoms with Gasteiger partial charge in [-0.05, 0) is 12.1 Å². The molecule has 0 bridgehead atoms. The van der Waals surface area contributed by atoms with Crippen molar-refractivity contribution >= 4 is 11.8 Å². The maximum absolute atomic E-state index is 13.2. The molecule has 7 heteroatoms. The highest BCUT2D eigenvalue weighted by Gasteiger charge is 2.22. The quantitative estimate of drug-likeness (QED) is 0.932. The van der Waals surface area contributed by atoms with Crippen molar-refractivity contribution in [2.24, 2.45) is 0 Å². The first kappa shape index (κ1) is 15.3. The lowest BCUT2D eigenvalue weighted by atomic mass is 10.1. The Morgan fingerprint density at radius 1 is 1.22 bits per heavy atom. The number of nitrogens with two attached hydrogens (primary N) is 1. The molecule has 3 rings (SSSR count). The molecule has 1 aliphatic heterocycles. The molecule has 0 amide bonds. The van der Waals surface area contributed by atoms with E-state index >= 15 is 0 Å². The fourth-order valence-corrected chi connectivity index (χ4v) is 2.63. The van der Waals surface area contributed by atoms with Crippen LogP contribution in [0.2, 0.25) is 0 Å². The molecule has 0 unspecified atom stereocenters. The monoisotopic (exact) mass is 318 g/mol. The number of halogens is 1. The second-order valence-corrected chi connectivity index (χ2v) is 5.39. The summed E-state index contributed by atoms with van der Waals surface area (Å²) in [5.41, 5.74) is 5.70. The maximum Gasteiger partial charge on any atom is 0.225 e. The number of aromatic nitrogens is 2. The number of methoxy groups -OCH3 is 1. The van der Waals surface area contributed by atoms with E-state index in [0.29, 0.717) is 11.6 Å². The van der Waals surface area contributed by atoms with Crippen LogP contribution in [0.1, 0.15) is 12.8 Å². The van der Waals surface area contributed by atoms with Gasteiger partial charge in [0.1, 0.15) is 23.5 Å². The summed E-state index contributed by atoms with van der Waals surface area (Å²) in [5, 5.41) is 0. The Morgan fingerprint density at radius 2 is 2.00 bits per heavy atom. The zero-order valence-electron chi connectivity index (χ0n) is 12.9. The minimum atomic E-state index is -0.288. The Kier molecular flexibility index (Phi) is 4.45. The van der Waals surface area contributed by atoms with Crippen molar-refractivity contribution in [3.05, 3.63) is 36.1 Å². The van der Waals surface area contributed by atoms with Crippen LogP contribution in [-0.2, 0) is 0 Å². The Hall–Kier alpha value is -2.57. The molecule has 23 heavy (non-hydrogen) atoms. The highest BCUT2D eigenvalue weighted by Crippen LogP contribution is 2.24. The van der Waals surface area contributed by atoms with E-state index in [9.17, 15) is 4.39 Å². The molecule has 0 radical (unpaired) electrons. The van der Waals surface area contributed by atoms with Crippen LogP contribution < -0.4 is 20.1 Å². The predicted octanol–water partition coefficient (Wildman–Crippen LogP) is 2.25. The number of piperidine rings is 1. The molecule has 1 fully saturated rings. The number of benzene rings is 1. The van der Waals surface area contributed by atoms with E-state index in [1.54, 1.807) is 25.3 Å². The SMILES string of the molecule is COc1cc(N2CCC(Oc3cccc(F)c3)CC2)nc(N)n1. The highest BCUT2D eigenvalue weighted by molar-refractivity contribution is 5.45. The van der Waals surface area contributed by atoms with E-state index in [1.807, 2.05) is 0 Å². The lowest BCUT2D eigenvalue weighted by molar-refractivity contribution is 0.170. The van der Waals surface area contributed by atoms with Crippen molar-refractivity contribution in [3.8, 4) is 11.6 Å². The van der Waals surface area contributed by atoms with Crippen molar-refractivity contribution in [2.45, 2.75) is 18.9 Å². The van der Waals surface area contributed by atoms with Gasteiger partial charge in [0.05, 0.1) is 7.11 Å². The van der Waals surface area contributed by atoms with Crippen LogP contribution in [0.15, 0.2) is 30.3 Å². The van der Waals surface area contributed by atoms with E-state index < -0.39 is 0 Å². The van der Waals surface area contributed by atoms with Crippen LogP contribution in [0.4, 0.5) is 16.2 Å². The first-order valence-electron chi connectivity index (χ1n) is 7.50. The van der Waals surface area contributed by atoms with E-state index in [4.69, 9.17) is 15.2 Å². The van der Waals surface area contributed by atoms with Gasteiger partial charge in [-0.25, -0.2) is 4.39 Å². The number of hydrogen-bond donors (Lipinski definition) is 1. The smallest absolute Gasteiger partial charge is 0.225 e. The third-order valence-corrected chi connectivity index (χ3v) is 3.78. The summed E-state index contributed by atoms with van der Waals surface area (Å²) in [6.07, 6.45) is 1.71. The summed E-state index contributed by atoms with van der Waals surface area (Å²) in [4.78, 5) is 10.3. The summed E-state index contributed by atoms with van der Waals surface area (Å²) in [6, 6.07) is 8.00. The Labute approximate surface area is 134 Å². The summed E-state index contributed by atoms with van der Waals surface area (Å²) < 4.78 is 24.1. The van der Waals surface area contributed by atoms with Crippen molar-refractivity contribution < 1.29 is 13.9 Å². The molecule has 1 aromatic heterocycles. The Balaban J connectivity index is 1.61. The standard InChI is InChI=1S/C16H19FN4O2/c1-22-15-10-14(19-16(18)20-15)21-7-5-12(6-8-21)23-13-4-2-3-11(17)9-13/h2-4,9-10,12H,5-8H2,1H3,(H2,18,19,20). The van der Waals surface area contributed by atoms with Gasteiger partial charge in [-0.2, -0.15) is 9.97 Å². The van der Waals surface area contributed by atoms with Crippen LogP contribution in [-0.4, -0.2) is 36.3 Å². The van der Waals surface area contributed by atoms with Gasteiger partial charge in [-0.15, -0.1) is 0 Å². The third kappa shape index (κ3) is 3.80. The molecule has 1 saturated heterocycles. The van der Waals surface area contributed by atoms with E-state index in [0.717, 1.165) is 31.7 Å². The third-order valence-electron chi connectivity index (χ3n) is 3.78. The van der Waals surface area contributed by atoms with Crippen molar-refractivity contribution in [1.29, 1.82) is 0 Å². The number of nitrogens with zero attached hydrogens (tertiary/aromatic N) is 3. The molecule has 0 spiro atoms. The molecule has 2 heterocycles. The minimum Gasteiger partial charge on any atom is -0.490 e. The molecule has 0 aliphatic carbocycles. The first-order chi connectivity index (χ1) is 11.1. The normalized spacial score (nSPS) is 15.5. The Bertz CT molecular complexity index is 675. The van der Waals surface area contributed by atoms with E-state index in [1.165, 1.54) is 12.1 Å². The number of anilines is 2. The lowest BCUT2D eigenvalue weighted by Gasteiger charge is -2.33. The average molecular weight is 318 g/mol. The fourth-order valence-electron chi connectivity index (χ4n) is 2.63. The fraction of sp³-hybridized carbons (Fsp3) is 0.375. The van der Waals surface area contributed by atoms with E-state index in [2.05, 4.69) is 14.9 Å². The van der Waals surface area contributed by atoms with Gasteiger partial charge < -0.3 is 20.1 Å². The summed E-state index contributed by atoms with van der Waals surface area (Å²) in [6.45, 7) is 1.55. The molecule has 0 saturated carbocycles. The van der Waals surface area contributed by atoms with Gasteiger partial charge >= 0.3 is 0 Å². The second-order valence-electron chi connectivity index (χ2n) is 5.39. The number of nitrogen functional groups attached to an aromatic ring is 1. The summed E-state index contributed by atoms with van der Waals surface area (Å²) in [5.74, 6) is 1.67. The Morgan fingerprint density at radius 3 is 2.70 bits per heavy atom. The molecule has 1 aliphatic rings. The van der Waals surface area contributed by atoms with Gasteiger partial charge in [0.15, 0.2) is 0 Å². The molecular weight excluding hydrogens is 299 g/mol. The van der Waals surface area contributed by atoms with Gasteiger partial charge in [0.2, 0.25) is 11.8 Å². The molecule has 2 aromatic rings.